The van der Waals surface area contributed by atoms with Crippen molar-refractivity contribution in [1.82, 2.24) is 15.5 Å². The maximum Gasteiger partial charge on any atom is 0.475 e. The third-order valence-electron chi connectivity index (χ3n) is 6.31. The van der Waals surface area contributed by atoms with Gasteiger partial charge in [0.25, 0.3) is 0 Å². The number of nitrogens with zero attached hydrogens (tertiary/aromatic N) is 1. The monoisotopic (exact) mass is 497 g/mol. The molecule has 0 fully saturated rings. The fourth-order valence-corrected chi connectivity index (χ4v) is 4.40. The average molecular weight is 497 g/mol. The summed E-state index contributed by atoms with van der Waals surface area (Å²) in [6.45, 7) is 4.72. The topological polar surface area (TPSA) is 120 Å². The SMILES string of the molecule is COc1cc2c(cc1OC)CN(C(=O)N[C@@H](Cc1ccccc1)C(=O)N[C@@H](CC(C)C)B(O)O)CC2. The quantitative estimate of drug-likeness (QED) is 0.373. The molecule has 3 rings (SSSR count). The lowest BCUT2D eigenvalue weighted by atomic mass is 9.75. The Morgan fingerprint density at radius 2 is 1.67 bits per heavy atom. The van der Waals surface area contributed by atoms with Gasteiger partial charge in [-0.25, -0.2) is 4.79 Å². The molecule has 3 amide bonds. The molecule has 10 heteroatoms. The lowest BCUT2D eigenvalue weighted by Gasteiger charge is -2.31. The third-order valence-corrected chi connectivity index (χ3v) is 6.31. The molecule has 2 atom stereocenters. The second-order valence-electron chi connectivity index (χ2n) is 9.50. The molecule has 2 aromatic rings. The van der Waals surface area contributed by atoms with Crippen LogP contribution in [0.5, 0.6) is 11.5 Å². The molecule has 4 N–H and O–H groups in total. The zero-order chi connectivity index (χ0) is 26.2. The molecule has 1 heterocycles. The molecular weight excluding hydrogens is 461 g/mol. The Hall–Kier alpha value is -3.24. The third kappa shape index (κ3) is 7.14. The fourth-order valence-electron chi connectivity index (χ4n) is 4.40. The predicted molar refractivity (Wildman–Crippen MR) is 138 cm³/mol. The van der Waals surface area contributed by atoms with Gasteiger partial charge in [0.1, 0.15) is 6.04 Å². The summed E-state index contributed by atoms with van der Waals surface area (Å²) in [7, 11) is 1.46. The molecule has 1 aliphatic heterocycles. The summed E-state index contributed by atoms with van der Waals surface area (Å²) in [5.41, 5.74) is 2.92. The van der Waals surface area contributed by atoms with Crippen molar-refractivity contribution >= 4 is 19.1 Å². The van der Waals surface area contributed by atoms with Gasteiger partial charge in [0, 0.05) is 19.5 Å². The van der Waals surface area contributed by atoms with Gasteiger partial charge in [0.05, 0.1) is 20.2 Å². The highest BCUT2D eigenvalue weighted by molar-refractivity contribution is 6.43. The Morgan fingerprint density at radius 3 is 2.25 bits per heavy atom. The number of nitrogens with one attached hydrogen (secondary N) is 2. The fraction of sp³-hybridized carbons (Fsp3) is 0.462. The molecule has 2 aromatic carbocycles. The number of benzene rings is 2. The van der Waals surface area contributed by atoms with Crippen molar-refractivity contribution < 1.29 is 29.1 Å². The number of rotatable bonds is 10. The Kier molecular flexibility index (Phi) is 9.61. The van der Waals surface area contributed by atoms with Gasteiger partial charge in [-0.15, -0.1) is 0 Å². The first kappa shape index (κ1) is 27.4. The van der Waals surface area contributed by atoms with Gasteiger partial charge < -0.3 is 35.1 Å². The van der Waals surface area contributed by atoms with Crippen LogP contribution < -0.4 is 20.1 Å². The maximum atomic E-state index is 13.3. The van der Waals surface area contributed by atoms with Crippen molar-refractivity contribution in [2.75, 3.05) is 20.8 Å². The maximum absolute atomic E-state index is 13.3. The van der Waals surface area contributed by atoms with Crippen LogP contribution in [0.25, 0.3) is 0 Å². The van der Waals surface area contributed by atoms with E-state index in [4.69, 9.17) is 9.47 Å². The number of fused-ring (bicyclic) bond motifs is 1. The molecule has 9 nitrogen and oxygen atoms in total. The summed E-state index contributed by atoms with van der Waals surface area (Å²) in [6, 6.07) is 11.9. The highest BCUT2D eigenvalue weighted by Gasteiger charge is 2.31. The van der Waals surface area contributed by atoms with E-state index in [1.165, 1.54) is 0 Å². The average Bonchev–Trinajstić information content (AvgIpc) is 2.86. The minimum absolute atomic E-state index is 0.142. The van der Waals surface area contributed by atoms with Crippen LogP contribution in [0, 0.1) is 5.92 Å². The van der Waals surface area contributed by atoms with Crippen LogP contribution in [0.15, 0.2) is 42.5 Å². The number of urea groups is 1. The molecule has 1 aliphatic rings. The van der Waals surface area contributed by atoms with Crippen LogP contribution in [-0.4, -0.2) is 66.8 Å². The van der Waals surface area contributed by atoms with E-state index in [0.717, 1.165) is 16.7 Å². The smallest absolute Gasteiger partial charge is 0.475 e. The van der Waals surface area contributed by atoms with Gasteiger partial charge in [-0.2, -0.15) is 0 Å². The van der Waals surface area contributed by atoms with E-state index >= 15 is 0 Å². The number of carbonyl (C=O) groups is 2. The largest absolute Gasteiger partial charge is 0.493 e. The Balaban J connectivity index is 1.76. The Morgan fingerprint density at radius 1 is 1.03 bits per heavy atom. The summed E-state index contributed by atoms with van der Waals surface area (Å²) in [5, 5.41) is 25.1. The number of amides is 3. The molecule has 36 heavy (non-hydrogen) atoms. The Bertz CT molecular complexity index is 1030. The van der Waals surface area contributed by atoms with Gasteiger partial charge in [-0.3, -0.25) is 4.79 Å². The van der Waals surface area contributed by atoms with Crippen LogP contribution in [0.1, 0.15) is 37.0 Å². The molecule has 0 radical (unpaired) electrons. The lowest BCUT2D eigenvalue weighted by Crippen LogP contribution is -2.57. The lowest BCUT2D eigenvalue weighted by molar-refractivity contribution is -0.123. The zero-order valence-electron chi connectivity index (χ0n) is 21.4. The number of hydrogen-bond acceptors (Lipinski definition) is 6. The molecule has 0 saturated carbocycles. The van der Waals surface area contributed by atoms with Gasteiger partial charge in [0.15, 0.2) is 11.5 Å². The molecule has 0 bridgehead atoms. The second kappa shape index (κ2) is 12.6. The normalized spacial score (nSPS) is 14.5. The standard InChI is InChI=1S/C26H36BN3O6/c1-17(2)12-24(27(33)34)29-25(31)21(13-18-8-6-5-7-9-18)28-26(32)30-11-10-19-14-22(35-3)23(36-4)15-20(19)16-30/h5-9,14-15,17,21,24,33-34H,10-13,16H2,1-4H3,(H,28,32)(H,29,31)/t21-,24-/m0/s1. The van der Waals surface area contributed by atoms with Gasteiger partial charge in [0.2, 0.25) is 5.91 Å². The number of ether oxygens (including phenoxy) is 2. The minimum atomic E-state index is -1.70. The van der Waals surface area contributed by atoms with Crippen molar-refractivity contribution in [3.05, 3.63) is 59.2 Å². The van der Waals surface area contributed by atoms with Crippen LogP contribution in [0.3, 0.4) is 0 Å². The van der Waals surface area contributed by atoms with Crippen molar-refractivity contribution in [1.29, 1.82) is 0 Å². The first-order valence-corrected chi connectivity index (χ1v) is 12.2. The molecule has 0 aliphatic carbocycles. The van der Waals surface area contributed by atoms with Crippen LogP contribution in [-0.2, 0) is 24.2 Å². The van der Waals surface area contributed by atoms with Gasteiger partial charge >= 0.3 is 13.1 Å². The zero-order valence-corrected chi connectivity index (χ0v) is 21.4. The summed E-state index contributed by atoms with van der Waals surface area (Å²) < 4.78 is 10.8. The van der Waals surface area contributed by atoms with Crippen molar-refractivity contribution in [2.45, 2.75) is 51.6 Å². The highest BCUT2D eigenvalue weighted by Crippen LogP contribution is 2.33. The van der Waals surface area contributed by atoms with Crippen LogP contribution in [0.4, 0.5) is 4.79 Å². The molecule has 0 saturated heterocycles. The van der Waals surface area contributed by atoms with Gasteiger partial charge in [-0.1, -0.05) is 44.2 Å². The first-order valence-electron chi connectivity index (χ1n) is 12.2. The van der Waals surface area contributed by atoms with Gasteiger partial charge in [-0.05, 0) is 47.6 Å². The summed E-state index contributed by atoms with van der Waals surface area (Å²) >= 11 is 0. The van der Waals surface area contributed by atoms with E-state index in [-0.39, 0.29) is 18.4 Å². The predicted octanol–water partition coefficient (Wildman–Crippen LogP) is 1.93. The Labute approximate surface area is 212 Å². The second-order valence-corrected chi connectivity index (χ2v) is 9.50. The van der Waals surface area contributed by atoms with E-state index < -0.39 is 25.0 Å². The van der Waals surface area contributed by atoms with E-state index in [1.807, 2.05) is 56.3 Å². The van der Waals surface area contributed by atoms with E-state index in [0.29, 0.717) is 37.4 Å². The number of hydrogen-bond donors (Lipinski definition) is 4. The van der Waals surface area contributed by atoms with Crippen LogP contribution in [0.2, 0.25) is 0 Å². The molecular formula is C26H36BN3O6. The van der Waals surface area contributed by atoms with E-state index in [9.17, 15) is 19.6 Å². The van der Waals surface area contributed by atoms with E-state index in [2.05, 4.69) is 10.6 Å². The summed E-state index contributed by atoms with van der Waals surface area (Å²) in [6.07, 6.45) is 1.30. The summed E-state index contributed by atoms with van der Waals surface area (Å²) in [5.74, 6) is 0.0874. The number of methoxy groups -OCH3 is 2. The van der Waals surface area contributed by atoms with Crippen LogP contribution >= 0.6 is 0 Å². The van der Waals surface area contributed by atoms with Crippen molar-refractivity contribution in [3.8, 4) is 11.5 Å². The van der Waals surface area contributed by atoms with E-state index in [1.54, 1.807) is 19.1 Å². The minimum Gasteiger partial charge on any atom is -0.493 e. The first-order chi connectivity index (χ1) is 17.2. The molecule has 194 valence electrons. The molecule has 0 spiro atoms. The van der Waals surface area contributed by atoms with Crippen molar-refractivity contribution in [2.24, 2.45) is 5.92 Å². The number of carbonyl (C=O) groups excluding carboxylic acids is 2. The van der Waals surface area contributed by atoms with Crippen molar-refractivity contribution in [3.63, 3.8) is 0 Å². The molecule has 0 aromatic heterocycles. The summed E-state index contributed by atoms with van der Waals surface area (Å²) in [4.78, 5) is 28.1. The highest BCUT2D eigenvalue weighted by atomic mass is 16.5. The molecule has 0 unspecified atom stereocenters.